The summed E-state index contributed by atoms with van der Waals surface area (Å²) in [5.74, 6) is 0.260. The highest BCUT2D eigenvalue weighted by Crippen LogP contribution is 2.35. The first kappa shape index (κ1) is 21.9. The largest absolute Gasteiger partial charge is 0.325 e. The van der Waals surface area contributed by atoms with E-state index in [1.54, 1.807) is 0 Å². The topological polar surface area (TPSA) is 78.8 Å². The number of aryl methyl sites for hydroxylation is 3. The van der Waals surface area contributed by atoms with E-state index in [9.17, 15) is 13.2 Å². The van der Waals surface area contributed by atoms with E-state index in [-0.39, 0.29) is 35.2 Å². The maximum Gasteiger partial charge on any atom is 0.234 e. The monoisotopic (exact) mass is 457 g/mol. The SMILES string of the molecule is Cc1ccc(N2C(SCC(=O)Nc3cccc(C)c3C)=N[C@H]3CS(=O)(=O)C[C@H]32)cc1C. The number of amides is 1. The zero-order valence-corrected chi connectivity index (χ0v) is 19.8. The normalized spacial score (nSPS) is 21.7. The first-order valence-corrected chi connectivity index (χ1v) is 13.1. The molecule has 2 atom stereocenters. The molecule has 0 aliphatic carbocycles. The molecular formula is C23H27N3O3S2. The van der Waals surface area contributed by atoms with Gasteiger partial charge in [0.05, 0.1) is 29.3 Å². The van der Waals surface area contributed by atoms with Crippen LogP contribution in [-0.4, -0.2) is 48.8 Å². The van der Waals surface area contributed by atoms with Gasteiger partial charge in [-0.3, -0.25) is 9.79 Å². The lowest BCUT2D eigenvalue weighted by Crippen LogP contribution is -2.39. The molecule has 164 valence electrons. The van der Waals surface area contributed by atoms with E-state index in [1.807, 2.05) is 62.9 Å². The molecule has 0 radical (unpaired) electrons. The fourth-order valence-corrected chi connectivity index (χ4v) is 6.78. The van der Waals surface area contributed by atoms with Crippen molar-refractivity contribution in [3.05, 3.63) is 58.7 Å². The molecule has 2 aliphatic rings. The number of nitrogens with one attached hydrogen (secondary N) is 1. The number of carbonyl (C=O) groups is 1. The lowest BCUT2D eigenvalue weighted by Gasteiger charge is -2.27. The van der Waals surface area contributed by atoms with Gasteiger partial charge in [-0.1, -0.05) is 30.0 Å². The number of anilines is 2. The van der Waals surface area contributed by atoms with Crippen molar-refractivity contribution in [2.45, 2.75) is 39.8 Å². The molecule has 0 saturated carbocycles. The van der Waals surface area contributed by atoms with Gasteiger partial charge >= 0.3 is 0 Å². The van der Waals surface area contributed by atoms with Crippen LogP contribution in [0.15, 0.2) is 41.4 Å². The quantitative estimate of drug-likeness (QED) is 0.758. The summed E-state index contributed by atoms with van der Waals surface area (Å²) in [7, 11) is -3.11. The third-order valence-corrected chi connectivity index (χ3v) is 8.75. The molecule has 0 unspecified atom stereocenters. The van der Waals surface area contributed by atoms with Gasteiger partial charge < -0.3 is 10.2 Å². The number of carbonyl (C=O) groups excluding carboxylic acids is 1. The molecule has 1 fully saturated rings. The minimum absolute atomic E-state index is 0.0672. The molecule has 2 heterocycles. The number of aliphatic imine (C=N–C) groups is 1. The summed E-state index contributed by atoms with van der Waals surface area (Å²) >= 11 is 1.36. The van der Waals surface area contributed by atoms with E-state index < -0.39 is 9.84 Å². The average molecular weight is 458 g/mol. The summed E-state index contributed by atoms with van der Waals surface area (Å²) in [6.45, 7) is 8.09. The van der Waals surface area contributed by atoms with E-state index in [0.717, 1.165) is 28.1 Å². The summed E-state index contributed by atoms with van der Waals surface area (Å²) in [5.41, 5.74) is 6.23. The number of hydrogen-bond acceptors (Lipinski definition) is 6. The average Bonchev–Trinajstić information content (AvgIpc) is 3.17. The van der Waals surface area contributed by atoms with Crippen molar-refractivity contribution in [2.75, 3.05) is 27.5 Å². The first-order chi connectivity index (χ1) is 14.6. The number of fused-ring (bicyclic) bond motifs is 1. The summed E-state index contributed by atoms with van der Waals surface area (Å²) in [4.78, 5) is 19.3. The molecule has 0 spiro atoms. The van der Waals surface area contributed by atoms with Crippen LogP contribution >= 0.6 is 11.8 Å². The van der Waals surface area contributed by atoms with Crippen molar-refractivity contribution < 1.29 is 13.2 Å². The molecule has 4 rings (SSSR count). The molecule has 8 heteroatoms. The van der Waals surface area contributed by atoms with Crippen LogP contribution in [0.4, 0.5) is 11.4 Å². The van der Waals surface area contributed by atoms with Gasteiger partial charge in [0, 0.05) is 11.4 Å². The maximum atomic E-state index is 12.6. The second kappa shape index (κ2) is 8.31. The molecular weight excluding hydrogens is 430 g/mol. The lowest BCUT2D eigenvalue weighted by atomic mass is 10.1. The van der Waals surface area contributed by atoms with Gasteiger partial charge in [-0.2, -0.15) is 0 Å². The van der Waals surface area contributed by atoms with Gasteiger partial charge in [-0.15, -0.1) is 0 Å². The van der Waals surface area contributed by atoms with Crippen LogP contribution in [0.5, 0.6) is 0 Å². The van der Waals surface area contributed by atoms with E-state index in [2.05, 4.69) is 11.4 Å². The maximum absolute atomic E-state index is 12.6. The summed E-state index contributed by atoms with van der Waals surface area (Å²) in [6.07, 6.45) is 0. The van der Waals surface area contributed by atoms with Crippen molar-refractivity contribution in [1.29, 1.82) is 0 Å². The third-order valence-electron chi connectivity index (χ3n) is 6.09. The van der Waals surface area contributed by atoms with Gasteiger partial charge in [0.1, 0.15) is 0 Å². The number of rotatable bonds is 4. The van der Waals surface area contributed by atoms with Crippen LogP contribution in [0.2, 0.25) is 0 Å². The lowest BCUT2D eigenvalue weighted by molar-refractivity contribution is -0.113. The zero-order chi connectivity index (χ0) is 22.3. The van der Waals surface area contributed by atoms with Crippen molar-refractivity contribution in [1.82, 2.24) is 0 Å². The summed E-state index contributed by atoms with van der Waals surface area (Å²) in [6, 6.07) is 11.5. The molecule has 2 aromatic rings. The Balaban J connectivity index is 1.53. The Morgan fingerprint density at radius 3 is 2.61 bits per heavy atom. The Morgan fingerprint density at radius 1 is 1.10 bits per heavy atom. The van der Waals surface area contributed by atoms with Gasteiger partial charge in [-0.25, -0.2) is 8.42 Å². The predicted octanol–water partition coefficient (Wildman–Crippen LogP) is 3.63. The third kappa shape index (κ3) is 4.50. The highest BCUT2D eigenvalue weighted by molar-refractivity contribution is 8.14. The molecule has 1 amide bonds. The molecule has 1 N–H and O–H groups in total. The van der Waals surface area contributed by atoms with E-state index in [4.69, 9.17) is 4.99 Å². The van der Waals surface area contributed by atoms with Crippen LogP contribution in [0.25, 0.3) is 0 Å². The Labute approximate surface area is 188 Å². The Kier molecular flexibility index (Phi) is 5.87. The number of hydrogen-bond donors (Lipinski definition) is 1. The van der Waals surface area contributed by atoms with Gasteiger partial charge in [0.2, 0.25) is 5.91 Å². The first-order valence-electron chi connectivity index (χ1n) is 10.3. The van der Waals surface area contributed by atoms with Crippen LogP contribution in [0, 0.1) is 27.7 Å². The number of thioether (sulfide) groups is 1. The Morgan fingerprint density at radius 2 is 1.87 bits per heavy atom. The highest BCUT2D eigenvalue weighted by atomic mass is 32.2. The molecule has 0 aromatic heterocycles. The predicted molar refractivity (Wildman–Crippen MR) is 129 cm³/mol. The standard InChI is InChI=1S/C23H27N3O3S2/c1-14-8-9-18(10-16(14)3)26-21-13-31(28,29)12-20(21)25-23(26)30-11-22(27)24-19-7-5-6-15(2)17(19)4/h5-10,20-21H,11-13H2,1-4H3,(H,24,27)/t20-,21+/m0/s1. The second-order valence-corrected chi connectivity index (χ2v) is 11.4. The van der Waals surface area contributed by atoms with Crippen molar-refractivity contribution in [3.8, 4) is 0 Å². The van der Waals surface area contributed by atoms with Gasteiger partial charge in [0.25, 0.3) is 0 Å². The minimum atomic E-state index is -3.11. The van der Waals surface area contributed by atoms with E-state index >= 15 is 0 Å². The Hall–Kier alpha value is -2.32. The van der Waals surface area contributed by atoms with Crippen LogP contribution in [0.3, 0.4) is 0 Å². The zero-order valence-electron chi connectivity index (χ0n) is 18.2. The van der Waals surface area contributed by atoms with E-state index in [0.29, 0.717) is 5.17 Å². The second-order valence-electron chi connectivity index (χ2n) is 8.35. The van der Waals surface area contributed by atoms with Gasteiger partial charge in [-0.05, 0) is 68.1 Å². The van der Waals surface area contributed by atoms with Crippen LogP contribution in [0.1, 0.15) is 22.3 Å². The molecule has 2 aromatic carbocycles. The summed E-state index contributed by atoms with van der Waals surface area (Å²) < 4.78 is 24.4. The van der Waals surface area contributed by atoms with Crippen molar-refractivity contribution in [2.24, 2.45) is 4.99 Å². The molecule has 1 saturated heterocycles. The number of benzene rings is 2. The fraction of sp³-hybridized carbons (Fsp3) is 0.391. The minimum Gasteiger partial charge on any atom is -0.325 e. The smallest absolute Gasteiger partial charge is 0.234 e. The fourth-order valence-electron chi connectivity index (χ4n) is 4.01. The highest BCUT2D eigenvalue weighted by Gasteiger charge is 2.47. The molecule has 2 aliphatic heterocycles. The number of nitrogens with zero attached hydrogens (tertiary/aromatic N) is 2. The van der Waals surface area contributed by atoms with Crippen molar-refractivity contribution in [3.63, 3.8) is 0 Å². The molecule has 0 bridgehead atoms. The van der Waals surface area contributed by atoms with Crippen LogP contribution < -0.4 is 10.2 Å². The Bertz CT molecular complexity index is 1170. The van der Waals surface area contributed by atoms with Crippen molar-refractivity contribution >= 4 is 44.0 Å². The van der Waals surface area contributed by atoms with Crippen LogP contribution in [-0.2, 0) is 14.6 Å². The summed E-state index contributed by atoms with van der Waals surface area (Å²) in [5, 5.41) is 3.69. The molecule has 6 nitrogen and oxygen atoms in total. The number of amidine groups is 1. The number of sulfone groups is 1. The van der Waals surface area contributed by atoms with Gasteiger partial charge in [0.15, 0.2) is 15.0 Å². The molecule has 31 heavy (non-hydrogen) atoms. The van der Waals surface area contributed by atoms with E-state index in [1.165, 1.54) is 17.3 Å².